The highest BCUT2D eigenvalue weighted by atomic mass is 16.2. The van der Waals surface area contributed by atoms with Crippen LogP contribution in [0.2, 0.25) is 0 Å². The fourth-order valence-corrected chi connectivity index (χ4v) is 1.43. The molecule has 0 bridgehead atoms. The van der Waals surface area contributed by atoms with E-state index < -0.39 is 0 Å². The summed E-state index contributed by atoms with van der Waals surface area (Å²) in [7, 11) is 0. The smallest absolute Gasteiger partial charge is 0.220 e. The van der Waals surface area contributed by atoms with Crippen LogP contribution in [0.1, 0.15) is 38.3 Å². The molecule has 1 N–H and O–H groups in total. The van der Waals surface area contributed by atoms with E-state index in [1.165, 1.54) is 6.92 Å². The summed E-state index contributed by atoms with van der Waals surface area (Å²) in [5.74, 6) is -0.0333. The Morgan fingerprint density at radius 1 is 1.19 bits per heavy atom. The molecular formula is C13H17NO2. The molecule has 1 atom stereocenters. The fraction of sp³-hybridized carbons (Fsp3) is 0.385. The average molecular weight is 219 g/mol. The van der Waals surface area contributed by atoms with Crippen LogP contribution in [0.25, 0.3) is 0 Å². The van der Waals surface area contributed by atoms with Gasteiger partial charge in [-0.15, -0.1) is 0 Å². The molecule has 0 aliphatic carbocycles. The van der Waals surface area contributed by atoms with Gasteiger partial charge in [0, 0.05) is 12.8 Å². The molecule has 16 heavy (non-hydrogen) atoms. The molecule has 0 radical (unpaired) electrons. The van der Waals surface area contributed by atoms with Gasteiger partial charge in [-0.1, -0.05) is 30.3 Å². The number of carbonyl (C=O) groups is 2. The Bertz CT molecular complexity index is 359. The molecule has 3 heteroatoms. The molecule has 0 heterocycles. The number of benzene rings is 1. The normalized spacial score (nSPS) is 11.9. The maximum atomic E-state index is 11.5. The lowest BCUT2D eigenvalue weighted by atomic mass is 10.1. The van der Waals surface area contributed by atoms with Gasteiger partial charge in [-0.2, -0.15) is 0 Å². The lowest BCUT2D eigenvalue weighted by molar-refractivity contribution is -0.125. The number of nitrogens with one attached hydrogen (secondary N) is 1. The molecule has 0 fully saturated rings. The van der Waals surface area contributed by atoms with Crippen LogP contribution in [0.5, 0.6) is 0 Å². The lowest BCUT2D eigenvalue weighted by Crippen LogP contribution is -2.26. The summed E-state index contributed by atoms with van der Waals surface area (Å²) >= 11 is 0. The third-order valence-corrected chi connectivity index (χ3v) is 2.38. The van der Waals surface area contributed by atoms with E-state index in [1.807, 2.05) is 37.3 Å². The predicted octanol–water partition coefficient (Wildman–Crippen LogP) is 2.23. The first-order chi connectivity index (χ1) is 7.59. The van der Waals surface area contributed by atoms with Crippen LogP contribution in [-0.2, 0) is 9.59 Å². The Labute approximate surface area is 95.9 Å². The molecule has 0 aliphatic rings. The Balaban J connectivity index is 2.43. The summed E-state index contributed by atoms with van der Waals surface area (Å²) in [6.07, 6.45) is 0.583. The van der Waals surface area contributed by atoms with Crippen LogP contribution < -0.4 is 5.32 Å². The average Bonchev–Trinajstić information content (AvgIpc) is 2.27. The number of ketones is 1. The highest BCUT2D eigenvalue weighted by molar-refractivity contribution is 5.83. The van der Waals surface area contributed by atoms with Crippen molar-refractivity contribution >= 4 is 11.7 Å². The molecule has 0 aromatic heterocycles. The van der Waals surface area contributed by atoms with Crippen molar-refractivity contribution in [2.24, 2.45) is 0 Å². The Morgan fingerprint density at radius 2 is 1.81 bits per heavy atom. The highest BCUT2D eigenvalue weighted by Gasteiger charge is 2.09. The van der Waals surface area contributed by atoms with Gasteiger partial charge in [0.1, 0.15) is 5.78 Å². The van der Waals surface area contributed by atoms with E-state index in [0.29, 0.717) is 6.42 Å². The molecule has 0 saturated heterocycles. The van der Waals surface area contributed by atoms with E-state index in [2.05, 4.69) is 5.32 Å². The van der Waals surface area contributed by atoms with Gasteiger partial charge >= 0.3 is 0 Å². The molecular weight excluding hydrogens is 202 g/mol. The van der Waals surface area contributed by atoms with Gasteiger partial charge in [-0.3, -0.25) is 4.79 Å². The van der Waals surface area contributed by atoms with E-state index in [4.69, 9.17) is 0 Å². The molecule has 1 unspecified atom stereocenters. The summed E-state index contributed by atoms with van der Waals surface area (Å²) < 4.78 is 0. The number of amides is 1. The van der Waals surface area contributed by atoms with Crippen LogP contribution in [0.15, 0.2) is 30.3 Å². The number of hydrogen-bond donors (Lipinski definition) is 1. The van der Waals surface area contributed by atoms with Gasteiger partial charge in [-0.25, -0.2) is 0 Å². The zero-order chi connectivity index (χ0) is 12.0. The number of rotatable bonds is 5. The van der Waals surface area contributed by atoms with Crippen LogP contribution in [0.3, 0.4) is 0 Å². The molecule has 1 aromatic carbocycles. The van der Waals surface area contributed by atoms with Crippen molar-refractivity contribution in [1.82, 2.24) is 5.32 Å². The highest BCUT2D eigenvalue weighted by Crippen LogP contribution is 2.11. The topological polar surface area (TPSA) is 46.2 Å². The SMILES string of the molecule is CC(=O)CCC(=O)NC(C)c1ccccc1. The second-order valence-corrected chi connectivity index (χ2v) is 3.90. The molecule has 86 valence electrons. The van der Waals surface area contributed by atoms with Crippen molar-refractivity contribution in [2.45, 2.75) is 32.7 Å². The van der Waals surface area contributed by atoms with Gasteiger partial charge in [0.15, 0.2) is 0 Å². The Morgan fingerprint density at radius 3 is 2.38 bits per heavy atom. The van der Waals surface area contributed by atoms with Crippen LogP contribution >= 0.6 is 0 Å². The summed E-state index contributed by atoms with van der Waals surface area (Å²) in [5.41, 5.74) is 1.07. The summed E-state index contributed by atoms with van der Waals surface area (Å²) in [6, 6.07) is 9.74. The van der Waals surface area contributed by atoms with Crippen LogP contribution in [0, 0.1) is 0 Å². The molecule has 0 saturated carbocycles. The Kier molecular flexibility index (Phi) is 4.70. The van der Waals surface area contributed by atoms with Crippen molar-refractivity contribution in [1.29, 1.82) is 0 Å². The van der Waals surface area contributed by atoms with Gasteiger partial charge in [0.25, 0.3) is 0 Å². The second kappa shape index (κ2) is 6.05. The standard InChI is InChI=1S/C13H17NO2/c1-10(15)8-9-13(16)14-11(2)12-6-4-3-5-7-12/h3-7,11H,8-9H2,1-2H3,(H,14,16). The molecule has 0 aliphatic heterocycles. The predicted molar refractivity (Wildman–Crippen MR) is 62.9 cm³/mol. The number of hydrogen-bond acceptors (Lipinski definition) is 2. The quantitative estimate of drug-likeness (QED) is 0.825. The first-order valence-corrected chi connectivity index (χ1v) is 5.43. The van der Waals surface area contributed by atoms with E-state index in [-0.39, 0.29) is 24.2 Å². The van der Waals surface area contributed by atoms with E-state index >= 15 is 0 Å². The van der Waals surface area contributed by atoms with Crippen LogP contribution in [-0.4, -0.2) is 11.7 Å². The summed E-state index contributed by atoms with van der Waals surface area (Å²) in [4.78, 5) is 22.2. The Hall–Kier alpha value is -1.64. The molecule has 1 rings (SSSR count). The number of carbonyl (C=O) groups excluding carboxylic acids is 2. The lowest BCUT2D eigenvalue weighted by Gasteiger charge is -2.13. The van der Waals surface area contributed by atoms with Crippen molar-refractivity contribution in [2.75, 3.05) is 0 Å². The zero-order valence-corrected chi connectivity index (χ0v) is 9.69. The molecule has 1 aromatic rings. The van der Waals surface area contributed by atoms with E-state index in [9.17, 15) is 9.59 Å². The maximum Gasteiger partial charge on any atom is 0.220 e. The van der Waals surface area contributed by atoms with Crippen molar-refractivity contribution in [3.05, 3.63) is 35.9 Å². The van der Waals surface area contributed by atoms with Crippen molar-refractivity contribution < 1.29 is 9.59 Å². The van der Waals surface area contributed by atoms with Crippen molar-refractivity contribution in [3.63, 3.8) is 0 Å². The third-order valence-electron chi connectivity index (χ3n) is 2.38. The fourth-order valence-electron chi connectivity index (χ4n) is 1.43. The molecule has 0 spiro atoms. The van der Waals surface area contributed by atoms with Gasteiger partial charge in [-0.05, 0) is 19.4 Å². The first kappa shape index (κ1) is 12.4. The van der Waals surface area contributed by atoms with Crippen LogP contribution in [0.4, 0.5) is 0 Å². The van der Waals surface area contributed by atoms with Crippen molar-refractivity contribution in [3.8, 4) is 0 Å². The monoisotopic (exact) mass is 219 g/mol. The number of Topliss-reactive ketones (excluding diaryl/α,β-unsaturated/α-hetero) is 1. The minimum Gasteiger partial charge on any atom is -0.350 e. The maximum absolute atomic E-state index is 11.5. The first-order valence-electron chi connectivity index (χ1n) is 5.43. The van der Waals surface area contributed by atoms with E-state index in [1.54, 1.807) is 0 Å². The second-order valence-electron chi connectivity index (χ2n) is 3.90. The largest absolute Gasteiger partial charge is 0.350 e. The van der Waals surface area contributed by atoms with Gasteiger partial charge < -0.3 is 10.1 Å². The summed E-state index contributed by atoms with van der Waals surface area (Å²) in [6.45, 7) is 3.43. The van der Waals surface area contributed by atoms with Gasteiger partial charge in [0.05, 0.1) is 6.04 Å². The zero-order valence-electron chi connectivity index (χ0n) is 9.69. The molecule has 3 nitrogen and oxygen atoms in total. The molecule has 1 amide bonds. The minimum absolute atomic E-state index is 0.0133. The van der Waals surface area contributed by atoms with Gasteiger partial charge in [0.2, 0.25) is 5.91 Å². The third kappa shape index (κ3) is 4.26. The summed E-state index contributed by atoms with van der Waals surface area (Å²) in [5, 5.41) is 2.86. The minimum atomic E-state index is -0.0773. The van der Waals surface area contributed by atoms with E-state index in [0.717, 1.165) is 5.56 Å².